The zero-order valence-electron chi connectivity index (χ0n) is 8.34. The van der Waals surface area contributed by atoms with Crippen LogP contribution in [0.25, 0.3) is 0 Å². The van der Waals surface area contributed by atoms with Gasteiger partial charge in [0.2, 0.25) is 5.91 Å². The summed E-state index contributed by atoms with van der Waals surface area (Å²) >= 11 is 0. The van der Waals surface area contributed by atoms with Gasteiger partial charge >= 0.3 is 0 Å². The van der Waals surface area contributed by atoms with E-state index in [1.54, 1.807) is 12.1 Å². The maximum atomic E-state index is 11.2. The van der Waals surface area contributed by atoms with Crippen LogP contribution in [-0.4, -0.2) is 22.4 Å². The van der Waals surface area contributed by atoms with Crippen molar-refractivity contribution in [3.05, 3.63) is 35.9 Å². The van der Waals surface area contributed by atoms with Crippen LogP contribution in [0.2, 0.25) is 0 Å². The summed E-state index contributed by atoms with van der Waals surface area (Å²) in [6.45, 7) is 0. The zero-order chi connectivity index (χ0) is 11.3. The van der Waals surface area contributed by atoms with Crippen molar-refractivity contribution in [1.82, 2.24) is 0 Å². The molecule has 15 heavy (non-hydrogen) atoms. The Balaban J connectivity index is 2.71. The quantitative estimate of drug-likeness (QED) is 0.612. The number of aliphatic hydroxyl groups is 2. The van der Waals surface area contributed by atoms with E-state index in [9.17, 15) is 4.79 Å². The first-order valence-electron chi connectivity index (χ1n) is 4.81. The smallest absolute Gasteiger partial charge is 0.224 e. The van der Waals surface area contributed by atoms with Crippen LogP contribution in [-0.2, 0) is 4.79 Å². The van der Waals surface area contributed by atoms with Crippen LogP contribution < -0.4 is 5.73 Å². The van der Waals surface area contributed by atoms with Gasteiger partial charge in [-0.05, 0) is 18.4 Å². The van der Waals surface area contributed by atoms with Crippen LogP contribution >= 0.6 is 0 Å². The molecule has 1 rings (SSSR count). The molecule has 1 atom stereocenters. The Kier molecular flexibility index (Phi) is 4.27. The Morgan fingerprint density at radius 3 is 2.27 bits per heavy atom. The summed E-state index contributed by atoms with van der Waals surface area (Å²) < 4.78 is 0. The Hall–Kier alpha value is -1.39. The van der Waals surface area contributed by atoms with Crippen LogP contribution in [0.3, 0.4) is 0 Å². The number of amides is 1. The highest BCUT2D eigenvalue weighted by atomic mass is 16.5. The van der Waals surface area contributed by atoms with Crippen LogP contribution in [0.5, 0.6) is 0 Å². The summed E-state index contributed by atoms with van der Waals surface area (Å²) in [5.74, 6) is -0.894. The van der Waals surface area contributed by atoms with Gasteiger partial charge in [0.25, 0.3) is 0 Å². The molecule has 0 heterocycles. The van der Waals surface area contributed by atoms with E-state index < -0.39 is 18.1 Å². The highest BCUT2D eigenvalue weighted by Crippen LogP contribution is 2.21. The van der Waals surface area contributed by atoms with Crippen LogP contribution in [0.1, 0.15) is 24.3 Å². The van der Waals surface area contributed by atoms with E-state index in [-0.39, 0.29) is 6.42 Å². The summed E-state index contributed by atoms with van der Waals surface area (Å²) in [4.78, 5) is 11.2. The van der Waals surface area contributed by atoms with E-state index in [1.165, 1.54) is 0 Å². The minimum Gasteiger partial charge on any atom is -0.369 e. The van der Waals surface area contributed by atoms with Crippen molar-refractivity contribution in [2.75, 3.05) is 0 Å². The Morgan fingerprint density at radius 2 is 1.80 bits per heavy atom. The van der Waals surface area contributed by atoms with Crippen molar-refractivity contribution in [2.24, 2.45) is 5.73 Å². The standard InChI is InChI=1S/C11H15NO3/c12-11(15)9(6-7-10(13)14)8-4-2-1-3-5-8/h1-5,9-10,13-14H,6-7H2,(H2,12,15). The number of hydrogen-bond donors (Lipinski definition) is 3. The third-order valence-corrected chi connectivity index (χ3v) is 2.26. The van der Waals surface area contributed by atoms with Gasteiger partial charge in [0.15, 0.2) is 6.29 Å². The number of carbonyl (C=O) groups is 1. The predicted octanol–water partition coefficient (Wildman–Crippen LogP) is 0.346. The second kappa shape index (κ2) is 5.48. The molecule has 1 unspecified atom stereocenters. The number of aliphatic hydroxyl groups excluding tert-OH is 1. The first kappa shape index (κ1) is 11.7. The van der Waals surface area contributed by atoms with Crippen LogP contribution in [0, 0.1) is 0 Å². The molecule has 0 aromatic heterocycles. The number of hydrogen-bond acceptors (Lipinski definition) is 3. The molecule has 0 aliphatic carbocycles. The van der Waals surface area contributed by atoms with E-state index in [0.717, 1.165) is 5.56 Å². The lowest BCUT2D eigenvalue weighted by Crippen LogP contribution is -2.22. The largest absolute Gasteiger partial charge is 0.369 e. The number of nitrogens with two attached hydrogens (primary N) is 1. The van der Waals surface area contributed by atoms with Gasteiger partial charge < -0.3 is 15.9 Å². The first-order valence-corrected chi connectivity index (χ1v) is 4.81. The summed E-state index contributed by atoms with van der Waals surface area (Å²) in [6.07, 6.45) is -0.907. The Bertz CT molecular complexity index is 311. The molecule has 0 spiro atoms. The van der Waals surface area contributed by atoms with E-state index in [4.69, 9.17) is 15.9 Å². The first-order chi connectivity index (χ1) is 7.11. The third-order valence-electron chi connectivity index (χ3n) is 2.26. The zero-order valence-corrected chi connectivity index (χ0v) is 8.34. The fourth-order valence-corrected chi connectivity index (χ4v) is 1.47. The average molecular weight is 209 g/mol. The van der Waals surface area contributed by atoms with E-state index in [1.807, 2.05) is 18.2 Å². The topological polar surface area (TPSA) is 83.6 Å². The highest BCUT2D eigenvalue weighted by Gasteiger charge is 2.18. The second-order valence-corrected chi connectivity index (χ2v) is 3.42. The van der Waals surface area contributed by atoms with Gasteiger partial charge in [0, 0.05) is 0 Å². The fourth-order valence-electron chi connectivity index (χ4n) is 1.47. The molecular formula is C11H15NO3. The summed E-state index contributed by atoms with van der Waals surface area (Å²) in [5, 5.41) is 17.5. The molecular weight excluding hydrogens is 194 g/mol. The highest BCUT2D eigenvalue weighted by molar-refractivity contribution is 5.81. The molecule has 1 aromatic carbocycles. The molecule has 0 aliphatic rings. The predicted molar refractivity (Wildman–Crippen MR) is 55.8 cm³/mol. The molecule has 0 saturated heterocycles. The lowest BCUT2D eigenvalue weighted by Gasteiger charge is -2.14. The number of carbonyl (C=O) groups excluding carboxylic acids is 1. The molecule has 4 N–H and O–H groups in total. The van der Waals surface area contributed by atoms with Crippen molar-refractivity contribution in [2.45, 2.75) is 25.0 Å². The van der Waals surface area contributed by atoms with Gasteiger partial charge in [0.05, 0.1) is 5.92 Å². The van der Waals surface area contributed by atoms with Crippen molar-refractivity contribution in [1.29, 1.82) is 0 Å². The molecule has 0 bridgehead atoms. The monoisotopic (exact) mass is 209 g/mol. The fraction of sp³-hybridized carbons (Fsp3) is 0.364. The molecule has 4 nitrogen and oxygen atoms in total. The van der Waals surface area contributed by atoms with Crippen molar-refractivity contribution in [3.8, 4) is 0 Å². The molecule has 0 fully saturated rings. The second-order valence-electron chi connectivity index (χ2n) is 3.42. The van der Waals surface area contributed by atoms with Crippen LogP contribution in [0.4, 0.5) is 0 Å². The SMILES string of the molecule is NC(=O)C(CCC(O)O)c1ccccc1. The van der Waals surface area contributed by atoms with Gasteiger partial charge in [-0.3, -0.25) is 4.79 Å². The van der Waals surface area contributed by atoms with Crippen molar-refractivity contribution < 1.29 is 15.0 Å². The molecule has 0 aliphatic heterocycles. The maximum absolute atomic E-state index is 11.2. The van der Waals surface area contributed by atoms with Gasteiger partial charge in [-0.25, -0.2) is 0 Å². The molecule has 0 saturated carbocycles. The maximum Gasteiger partial charge on any atom is 0.224 e. The molecule has 1 aromatic rings. The van der Waals surface area contributed by atoms with Crippen LogP contribution in [0.15, 0.2) is 30.3 Å². The lowest BCUT2D eigenvalue weighted by atomic mass is 9.93. The normalized spacial score (nSPS) is 12.7. The molecule has 82 valence electrons. The number of benzene rings is 1. The summed E-state index contributed by atoms with van der Waals surface area (Å²) in [6, 6.07) is 9.10. The van der Waals surface area contributed by atoms with Gasteiger partial charge in [-0.1, -0.05) is 30.3 Å². The average Bonchev–Trinajstić information content (AvgIpc) is 2.18. The van der Waals surface area contributed by atoms with E-state index in [0.29, 0.717) is 6.42 Å². The molecule has 4 heteroatoms. The number of rotatable bonds is 5. The third kappa shape index (κ3) is 3.69. The number of primary amides is 1. The minimum atomic E-state index is -1.39. The van der Waals surface area contributed by atoms with Crippen molar-refractivity contribution in [3.63, 3.8) is 0 Å². The van der Waals surface area contributed by atoms with Gasteiger partial charge in [-0.2, -0.15) is 0 Å². The van der Waals surface area contributed by atoms with E-state index in [2.05, 4.69) is 0 Å². The Morgan fingerprint density at radius 1 is 1.20 bits per heavy atom. The molecule has 1 amide bonds. The van der Waals surface area contributed by atoms with E-state index >= 15 is 0 Å². The van der Waals surface area contributed by atoms with Gasteiger partial charge in [-0.15, -0.1) is 0 Å². The Labute approximate surface area is 88.3 Å². The molecule has 0 radical (unpaired) electrons. The van der Waals surface area contributed by atoms with Gasteiger partial charge in [0.1, 0.15) is 0 Å². The summed E-state index contributed by atoms with van der Waals surface area (Å²) in [5.41, 5.74) is 6.06. The summed E-state index contributed by atoms with van der Waals surface area (Å²) in [7, 11) is 0. The minimum absolute atomic E-state index is 0.141. The van der Waals surface area contributed by atoms with Crippen molar-refractivity contribution >= 4 is 5.91 Å². The lowest BCUT2D eigenvalue weighted by molar-refractivity contribution is -0.120.